The number of carbonyl (C=O) groups excluding carboxylic acids is 1. The minimum absolute atomic E-state index is 0.0562. The van der Waals surface area contributed by atoms with Gasteiger partial charge in [0, 0.05) is 24.8 Å². The summed E-state index contributed by atoms with van der Waals surface area (Å²) < 4.78 is 0. The normalized spacial score (nSPS) is 17.5. The molecule has 1 fully saturated rings. The van der Waals surface area contributed by atoms with E-state index in [1.165, 1.54) is 5.56 Å². The van der Waals surface area contributed by atoms with Gasteiger partial charge in [-0.25, -0.2) is 9.97 Å². The van der Waals surface area contributed by atoms with Crippen LogP contribution >= 0.6 is 0 Å². The van der Waals surface area contributed by atoms with Gasteiger partial charge in [-0.15, -0.1) is 0 Å². The first-order valence-corrected chi connectivity index (χ1v) is 8.39. The van der Waals surface area contributed by atoms with E-state index in [1.54, 1.807) is 6.20 Å². The Bertz CT molecular complexity index is 712. The largest absolute Gasteiger partial charge is 0.330 e. The summed E-state index contributed by atoms with van der Waals surface area (Å²) in [6, 6.07) is 9.91. The van der Waals surface area contributed by atoms with E-state index in [9.17, 15) is 4.79 Å². The van der Waals surface area contributed by atoms with Crippen molar-refractivity contribution in [1.82, 2.24) is 19.8 Å². The Hall–Kier alpha value is -2.27. The first-order chi connectivity index (χ1) is 11.5. The van der Waals surface area contributed by atoms with Gasteiger partial charge in [-0.3, -0.25) is 4.79 Å². The molecule has 1 saturated heterocycles. The van der Waals surface area contributed by atoms with Gasteiger partial charge in [0.1, 0.15) is 5.82 Å². The average molecular weight is 324 g/mol. The first-order valence-electron chi connectivity index (χ1n) is 8.39. The van der Waals surface area contributed by atoms with Gasteiger partial charge >= 0.3 is 0 Å². The van der Waals surface area contributed by atoms with Gasteiger partial charge in [0.05, 0.1) is 11.7 Å². The van der Waals surface area contributed by atoms with Crippen molar-refractivity contribution in [2.75, 3.05) is 20.6 Å². The fourth-order valence-electron chi connectivity index (χ4n) is 3.26. The van der Waals surface area contributed by atoms with Crippen LogP contribution in [-0.4, -0.2) is 46.3 Å². The third-order valence-electron chi connectivity index (χ3n) is 4.35. The molecule has 0 saturated carbocycles. The Kier molecular flexibility index (Phi) is 4.90. The maximum Gasteiger partial charge on any atom is 0.254 e. The fraction of sp³-hybridized carbons (Fsp3) is 0.421. The van der Waals surface area contributed by atoms with Gasteiger partial charge < -0.3 is 9.80 Å². The summed E-state index contributed by atoms with van der Waals surface area (Å²) in [4.78, 5) is 25.7. The molecule has 2 aromatic rings. The molecule has 2 heterocycles. The highest BCUT2D eigenvalue weighted by atomic mass is 16.2. The standard InChI is InChI=1S/C19H24N4O/c1-14-20-11-10-17(21-14)18-5-4-12-23(18)19(24)16-8-6-15(7-9-16)13-22(2)3/h6-11,18H,4-5,12-13H2,1-3H3/t18-/m0/s1. The molecule has 3 rings (SSSR count). The van der Waals surface area contributed by atoms with Crippen LogP contribution in [0.4, 0.5) is 0 Å². The molecule has 0 N–H and O–H groups in total. The molecule has 1 aliphatic heterocycles. The summed E-state index contributed by atoms with van der Waals surface area (Å²) in [7, 11) is 4.08. The smallest absolute Gasteiger partial charge is 0.254 e. The zero-order valence-electron chi connectivity index (χ0n) is 14.6. The van der Waals surface area contributed by atoms with Crippen LogP contribution in [0, 0.1) is 6.92 Å². The maximum atomic E-state index is 12.9. The number of amides is 1. The molecule has 126 valence electrons. The topological polar surface area (TPSA) is 49.3 Å². The summed E-state index contributed by atoms with van der Waals surface area (Å²) in [6.45, 7) is 3.54. The van der Waals surface area contributed by atoms with Crippen molar-refractivity contribution in [2.24, 2.45) is 0 Å². The number of aryl methyl sites for hydroxylation is 1. The van der Waals surface area contributed by atoms with Crippen molar-refractivity contribution in [3.63, 3.8) is 0 Å². The summed E-state index contributed by atoms with van der Waals surface area (Å²) in [5.41, 5.74) is 2.90. The van der Waals surface area contributed by atoms with E-state index in [0.29, 0.717) is 0 Å². The van der Waals surface area contributed by atoms with Crippen LogP contribution in [0.1, 0.15) is 46.3 Å². The van der Waals surface area contributed by atoms with E-state index in [-0.39, 0.29) is 11.9 Å². The fourth-order valence-corrected chi connectivity index (χ4v) is 3.26. The SMILES string of the molecule is Cc1nccc([C@@H]2CCCN2C(=O)c2ccc(CN(C)C)cc2)n1. The van der Waals surface area contributed by atoms with Gasteiger partial charge in [0.25, 0.3) is 5.91 Å². The molecule has 1 atom stereocenters. The number of carbonyl (C=O) groups is 1. The van der Waals surface area contributed by atoms with Crippen LogP contribution in [0.3, 0.4) is 0 Å². The molecular weight excluding hydrogens is 300 g/mol. The van der Waals surface area contributed by atoms with E-state index >= 15 is 0 Å². The Morgan fingerprint density at radius 2 is 2.00 bits per heavy atom. The van der Waals surface area contributed by atoms with Crippen molar-refractivity contribution >= 4 is 5.91 Å². The quantitative estimate of drug-likeness (QED) is 0.868. The molecular formula is C19H24N4O. The van der Waals surface area contributed by atoms with Crippen molar-refractivity contribution in [3.05, 3.63) is 59.2 Å². The van der Waals surface area contributed by atoms with E-state index in [0.717, 1.165) is 43.0 Å². The van der Waals surface area contributed by atoms with Crippen molar-refractivity contribution < 1.29 is 4.79 Å². The molecule has 0 unspecified atom stereocenters. The summed E-state index contributed by atoms with van der Waals surface area (Å²) in [6.07, 6.45) is 3.74. The summed E-state index contributed by atoms with van der Waals surface area (Å²) in [5, 5.41) is 0. The van der Waals surface area contributed by atoms with E-state index < -0.39 is 0 Å². The van der Waals surface area contributed by atoms with Crippen LogP contribution in [0.5, 0.6) is 0 Å². The van der Waals surface area contributed by atoms with Gasteiger partial charge in [-0.2, -0.15) is 0 Å². The van der Waals surface area contributed by atoms with Crippen molar-refractivity contribution in [1.29, 1.82) is 0 Å². The highest BCUT2D eigenvalue weighted by molar-refractivity contribution is 5.94. The summed E-state index contributed by atoms with van der Waals surface area (Å²) in [5.74, 6) is 0.838. The number of benzene rings is 1. The number of rotatable bonds is 4. The minimum Gasteiger partial charge on any atom is -0.330 e. The molecule has 0 bridgehead atoms. The van der Waals surface area contributed by atoms with Crippen molar-refractivity contribution in [2.45, 2.75) is 32.4 Å². The van der Waals surface area contributed by atoms with Gasteiger partial charge in [0.2, 0.25) is 0 Å². The molecule has 0 radical (unpaired) electrons. The molecule has 0 spiro atoms. The second kappa shape index (κ2) is 7.09. The minimum atomic E-state index is 0.0562. The Balaban J connectivity index is 1.78. The lowest BCUT2D eigenvalue weighted by molar-refractivity contribution is 0.0732. The lowest BCUT2D eigenvalue weighted by Crippen LogP contribution is -2.31. The van der Waals surface area contributed by atoms with Crippen LogP contribution < -0.4 is 0 Å². The molecule has 0 aliphatic carbocycles. The van der Waals surface area contributed by atoms with Crippen LogP contribution in [-0.2, 0) is 6.54 Å². The molecule has 1 aromatic heterocycles. The Morgan fingerprint density at radius 1 is 1.25 bits per heavy atom. The predicted molar refractivity (Wildman–Crippen MR) is 93.6 cm³/mol. The molecule has 5 nitrogen and oxygen atoms in total. The summed E-state index contributed by atoms with van der Waals surface area (Å²) >= 11 is 0. The zero-order valence-corrected chi connectivity index (χ0v) is 14.6. The second-order valence-corrected chi connectivity index (χ2v) is 6.62. The van der Waals surface area contributed by atoms with Crippen LogP contribution in [0.15, 0.2) is 36.5 Å². The number of hydrogen-bond donors (Lipinski definition) is 0. The number of hydrogen-bond acceptors (Lipinski definition) is 4. The highest BCUT2D eigenvalue weighted by Crippen LogP contribution is 2.32. The van der Waals surface area contributed by atoms with Crippen LogP contribution in [0.2, 0.25) is 0 Å². The third kappa shape index (κ3) is 3.62. The Morgan fingerprint density at radius 3 is 2.67 bits per heavy atom. The van der Waals surface area contributed by atoms with Gasteiger partial charge in [-0.05, 0) is 57.6 Å². The van der Waals surface area contributed by atoms with Crippen LogP contribution in [0.25, 0.3) is 0 Å². The molecule has 1 aliphatic rings. The monoisotopic (exact) mass is 324 g/mol. The number of likely N-dealkylation sites (tertiary alicyclic amines) is 1. The van der Waals surface area contributed by atoms with Crippen molar-refractivity contribution in [3.8, 4) is 0 Å². The molecule has 1 amide bonds. The molecule has 5 heteroatoms. The Labute approximate surface area is 143 Å². The second-order valence-electron chi connectivity index (χ2n) is 6.62. The first kappa shape index (κ1) is 16.6. The average Bonchev–Trinajstić information content (AvgIpc) is 3.04. The maximum absolute atomic E-state index is 12.9. The number of nitrogens with zero attached hydrogens (tertiary/aromatic N) is 4. The third-order valence-corrected chi connectivity index (χ3v) is 4.35. The lowest BCUT2D eigenvalue weighted by Gasteiger charge is -2.24. The van der Waals surface area contributed by atoms with Gasteiger partial charge in [-0.1, -0.05) is 12.1 Å². The lowest BCUT2D eigenvalue weighted by atomic mass is 10.1. The van der Waals surface area contributed by atoms with Gasteiger partial charge in [0.15, 0.2) is 0 Å². The van der Waals surface area contributed by atoms with E-state index in [1.807, 2.05) is 56.3 Å². The molecule has 1 aromatic carbocycles. The zero-order chi connectivity index (χ0) is 17.1. The van der Waals surface area contributed by atoms with E-state index in [4.69, 9.17) is 0 Å². The molecule has 24 heavy (non-hydrogen) atoms. The predicted octanol–water partition coefficient (Wildman–Crippen LogP) is 2.82. The highest BCUT2D eigenvalue weighted by Gasteiger charge is 2.31. The number of aromatic nitrogens is 2. The van der Waals surface area contributed by atoms with E-state index in [2.05, 4.69) is 14.9 Å².